The Morgan fingerprint density at radius 1 is 1.12 bits per heavy atom. The Morgan fingerprint density at radius 2 is 1.79 bits per heavy atom. The van der Waals surface area contributed by atoms with Crippen LogP contribution in [-0.4, -0.2) is 18.0 Å². The molecule has 1 N–H and O–H groups in total. The maximum Gasteiger partial charge on any atom is 0.573 e. The number of hydrogen-bond acceptors (Lipinski definition) is 3. The van der Waals surface area contributed by atoms with Crippen LogP contribution in [-0.2, 0) is 10.5 Å². The number of carbonyl (C=O) groups is 1. The molecule has 0 fully saturated rings. The molecule has 0 atom stereocenters. The molecule has 0 radical (unpaired) electrons. The standard InChI is InChI=1S/C16H13ClF3NO2S/c17-14-4-2-1-3-11(14)9-24-10-15(22)21-12-5-7-13(8-6-12)23-16(18,19)20/h1-8H,9-10H2,(H,21,22). The molecule has 24 heavy (non-hydrogen) atoms. The molecule has 2 rings (SSSR count). The molecule has 0 spiro atoms. The van der Waals surface area contributed by atoms with Crippen molar-refractivity contribution in [1.82, 2.24) is 0 Å². The van der Waals surface area contributed by atoms with Crippen molar-refractivity contribution in [2.75, 3.05) is 11.1 Å². The van der Waals surface area contributed by atoms with Gasteiger partial charge in [-0.15, -0.1) is 24.9 Å². The molecule has 0 saturated heterocycles. The van der Waals surface area contributed by atoms with Crippen molar-refractivity contribution >= 4 is 35.0 Å². The molecule has 1 amide bonds. The first kappa shape index (κ1) is 18.5. The molecule has 0 aliphatic heterocycles. The molecule has 3 nitrogen and oxygen atoms in total. The molecule has 8 heteroatoms. The van der Waals surface area contributed by atoms with Gasteiger partial charge in [0, 0.05) is 16.5 Å². The number of hydrogen-bond donors (Lipinski definition) is 1. The van der Waals surface area contributed by atoms with Gasteiger partial charge < -0.3 is 10.1 Å². The molecule has 2 aromatic rings. The first-order chi connectivity index (χ1) is 11.3. The van der Waals surface area contributed by atoms with Gasteiger partial charge in [-0.2, -0.15) is 0 Å². The Balaban J connectivity index is 1.79. The van der Waals surface area contributed by atoms with Gasteiger partial charge in [0.1, 0.15) is 5.75 Å². The molecular formula is C16H13ClF3NO2S. The van der Waals surface area contributed by atoms with E-state index in [0.29, 0.717) is 16.5 Å². The van der Waals surface area contributed by atoms with Crippen LogP contribution in [0.2, 0.25) is 5.02 Å². The second-order valence-electron chi connectivity index (χ2n) is 4.70. The summed E-state index contributed by atoms with van der Waals surface area (Å²) in [6, 6.07) is 12.3. The second-order valence-corrected chi connectivity index (χ2v) is 6.10. The predicted octanol–water partition coefficient (Wildman–Crippen LogP) is 5.11. The molecule has 0 aliphatic carbocycles. The lowest BCUT2D eigenvalue weighted by molar-refractivity contribution is -0.274. The number of benzene rings is 2. The summed E-state index contributed by atoms with van der Waals surface area (Å²) >= 11 is 7.41. The highest BCUT2D eigenvalue weighted by Gasteiger charge is 2.30. The van der Waals surface area contributed by atoms with E-state index in [1.807, 2.05) is 18.2 Å². The van der Waals surface area contributed by atoms with Crippen LogP contribution in [0.4, 0.5) is 18.9 Å². The second kappa shape index (κ2) is 8.30. The summed E-state index contributed by atoms with van der Waals surface area (Å²) < 4.78 is 39.9. The molecule has 2 aromatic carbocycles. The van der Waals surface area contributed by atoms with Gasteiger partial charge >= 0.3 is 6.36 Å². The molecule has 0 unspecified atom stereocenters. The lowest BCUT2D eigenvalue weighted by atomic mass is 10.2. The smallest absolute Gasteiger partial charge is 0.406 e. The van der Waals surface area contributed by atoms with Crippen LogP contribution in [0.1, 0.15) is 5.56 Å². The lowest BCUT2D eigenvalue weighted by Crippen LogP contribution is -2.17. The van der Waals surface area contributed by atoms with Crippen LogP contribution in [0.3, 0.4) is 0 Å². The summed E-state index contributed by atoms with van der Waals surface area (Å²) in [5.41, 5.74) is 1.33. The predicted molar refractivity (Wildman–Crippen MR) is 89.4 cm³/mol. The van der Waals surface area contributed by atoms with Gasteiger partial charge in [0.2, 0.25) is 5.91 Å². The molecular weight excluding hydrogens is 363 g/mol. The number of rotatable bonds is 6. The third kappa shape index (κ3) is 6.33. The normalized spacial score (nSPS) is 11.2. The van der Waals surface area contributed by atoms with Gasteiger partial charge in [-0.05, 0) is 35.9 Å². The average molecular weight is 376 g/mol. The van der Waals surface area contributed by atoms with Crippen molar-refractivity contribution in [3.63, 3.8) is 0 Å². The summed E-state index contributed by atoms with van der Waals surface area (Å²) in [4.78, 5) is 11.8. The molecule has 128 valence electrons. The van der Waals surface area contributed by atoms with Gasteiger partial charge in [-0.1, -0.05) is 29.8 Å². The highest BCUT2D eigenvalue weighted by molar-refractivity contribution is 7.99. The van der Waals surface area contributed by atoms with Crippen LogP contribution < -0.4 is 10.1 Å². The first-order valence-electron chi connectivity index (χ1n) is 6.80. The third-order valence-electron chi connectivity index (χ3n) is 2.82. The van der Waals surface area contributed by atoms with E-state index in [2.05, 4.69) is 10.1 Å². The number of halogens is 4. The van der Waals surface area contributed by atoms with Crippen LogP contribution in [0.25, 0.3) is 0 Å². The van der Waals surface area contributed by atoms with Crippen LogP contribution in [0.15, 0.2) is 48.5 Å². The topological polar surface area (TPSA) is 38.3 Å². The molecule has 0 aliphatic rings. The quantitative estimate of drug-likeness (QED) is 0.762. The SMILES string of the molecule is O=C(CSCc1ccccc1Cl)Nc1ccc(OC(F)(F)F)cc1. The van der Waals surface area contributed by atoms with E-state index in [1.54, 1.807) is 6.07 Å². The first-order valence-corrected chi connectivity index (χ1v) is 8.33. The summed E-state index contributed by atoms with van der Waals surface area (Å²) in [5, 5.41) is 3.25. The zero-order chi connectivity index (χ0) is 17.6. The summed E-state index contributed by atoms with van der Waals surface area (Å²) in [5.74, 6) is 0.197. The fraction of sp³-hybridized carbons (Fsp3) is 0.188. The van der Waals surface area contributed by atoms with E-state index in [4.69, 9.17) is 11.6 Å². The van der Waals surface area contributed by atoms with Gasteiger partial charge in [0.05, 0.1) is 5.75 Å². The van der Waals surface area contributed by atoms with Gasteiger partial charge in [-0.25, -0.2) is 0 Å². The zero-order valence-corrected chi connectivity index (χ0v) is 13.8. The Hall–Kier alpha value is -1.86. The van der Waals surface area contributed by atoms with Crippen molar-refractivity contribution in [2.24, 2.45) is 0 Å². The van der Waals surface area contributed by atoms with E-state index in [1.165, 1.54) is 23.9 Å². The Labute approximate surface area is 146 Å². The Bertz CT molecular complexity index is 692. The largest absolute Gasteiger partial charge is 0.573 e. The van der Waals surface area contributed by atoms with Gasteiger partial charge in [0.15, 0.2) is 0 Å². The van der Waals surface area contributed by atoms with E-state index in [0.717, 1.165) is 17.7 Å². The highest BCUT2D eigenvalue weighted by atomic mass is 35.5. The van der Waals surface area contributed by atoms with Gasteiger partial charge in [0.25, 0.3) is 0 Å². The van der Waals surface area contributed by atoms with Crippen molar-refractivity contribution in [2.45, 2.75) is 12.1 Å². The number of nitrogens with one attached hydrogen (secondary N) is 1. The van der Waals surface area contributed by atoms with Crippen LogP contribution in [0.5, 0.6) is 5.75 Å². The number of ether oxygens (including phenoxy) is 1. The number of alkyl halides is 3. The average Bonchev–Trinajstić information content (AvgIpc) is 2.50. The molecule has 0 bridgehead atoms. The van der Waals surface area contributed by atoms with Crippen LogP contribution in [0, 0.1) is 0 Å². The molecule has 0 heterocycles. The minimum absolute atomic E-state index is 0.200. The van der Waals surface area contributed by atoms with E-state index < -0.39 is 6.36 Å². The number of thioether (sulfide) groups is 1. The van der Waals surface area contributed by atoms with Crippen molar-refractivity contribution in [3.05, 3.63) is 59.1 Å². The molecule has 0 aromatic heterocycles. The maximum atomic E-state index is 12.1. The van der Waals surface area contributed by atoms with Crippen molar-refractivity contribution in [3.8, 4) is 5.75 Å². The Kier molecular flexibility index (Phi) is 6.39. The van der Waals surface area contributed by atoms with E-state index in [-0.39, 0.29) is 17.4 Å². The third-order valence-corrected chi connectivity index (χ3v) is 4.17. The maximum absolute atomic E-state index is 12.1. The van der Waals surface area contributed by atoms with Crippen molar-refractivity contribution in [1.29, 1.82) is 0 Å². The van der Waals surface area contributed by atoms with E-state index >= 15 is 0 Å². The van der Waals surface area contributed by atoms with Gasteiger partial charge in [-0.3, -0.25) is 4.79 Å². The monoisotopic (exact) mass is 375 g/mol. The fourth-order valence-electron chi connectivity index (χ4n) is 1.81. The van der Waals surface area contributed by atoms with E-state index in [9.17, 15) is 18.0 Å². The van der Waals surface area contributed by atoms with Crippen LogP contribution >= 0.6 is 23.4 Å². The number of amides is 1. The minimum atomic E-state index is -4.74. The summed E-state index contributed by atoms with van der Waals surface area (Å²) in [7, 11) is 0. The zero-order valence-electron chi connectivity index (χ0n) is 12.3. The summed E-state index contributed by atoms with van der Waals surface area (Å²) in [6.45, 7) is 0. The minimum Gasteiger partial charge on any atom is -0.406 e. The molecule has 0 saturated carbocycles. The highest BCUT2D eigenvalue weighted by Crippen LogP contribution is 2.24. The fourth-order valence-corrected chi connectivity index (χ4v) is 2.92. The lowest BCUT2D eigenvalue weighted by Gasteiger charge is -2.10. The number of carbonyl (C=O) groups excluding carboxylic acids is 1. The summed E-state index contributed by atoms with van der Waals surface area (Å²) in [6.07, 6.45) is -4.74. The Morgan fingerprint density at radius 3 is 2.42 bits per heavy atom. The van der Waals surface area contributed by atoms with Crippen molar-refractivity contribution < 1.29 is 22.7 Å². The number of anilines is 1.